The average molecular weight is 210 g/mol. The van der Waals surface area contributed by atoms with Crippen LogP contribution in [-0.2, 0) is 6.42 Å². The van der Waals surface area contributed by atoms with Crippen molar-refractivity contribution < 1.29 is 9.47 Å². The third kappa shape index (κ3) is 2.76. The summed E-state index contributed by atoms with van der Waals surface area (Å²) < 4.78 is 10.3. The molecule has 0 saturated carbocycles. The van der Waals surface area contributed by atoms with Crippen LogP contribution < -0.4 is 20.9 Å². The van der Waals surface area contributed by atoms with Crippen molar-refractivity contribution in [3.05, 3.63) is 17.7 Å². The number of ether oxygens (including phenoxy) is 2. The minimum absolute atomic E-state index is 0.100. The monoisotopic (exact) mass is 210 g/mol. The number of benzene rings is 1. The van der Waals surface area contributed by atoms with Crippen LogP contribution in [0.1, 0.15) is 12.5 Å². The van der Waals surface area contributed by atoms with Gasteiger partial charge in [-0.2, -0.15) is 0 Å². The highest BCUT2D eigenvalue weighted by Gasteiger charge is 2.09. The van der Waals surface area contributed by atoms with Crippen LogP contribution in [0.5, 0.6) is 11.5 Å². The molecule has 1 unspecified atom stereocenters. The number of hydrogen-bond acceptors (Lipinski definition) is 4. The smallest absolute Gasteiger partial charge is 0.145 e. The van der Waals surface area contributed by atoms with Gasteiger partial charge in [0, 0.05) is 6.04 Å². The van der Waals surface area contributed by atoms with Crippen molar-refractivity contribution in [2.24, 2.45) is 5.73 Å². The molecule has 0 aliphatic carbocycles. The van der Waals surface area contributed by atoms with Gasteiger partial charge < -0.3 is 20.9 Å². The molecule has 0 bridgehead atoms. The van der Waals surface area contributed by atoms with E-state index in [1.165, 1.54) is 0 Å². The highest BCUT2D eigenvalue weighted by molar-refractivity contribution is 5.64. The summed E-state index contributed by atoms with van der Waals surface area (Å²) in [5.41, 5.74) is 13.1. The Morgan fingerprint density at radius 1 is 1.20 bits per heavy atom. The number of hydrogen-bond donors (Lipinski definition) is 2. The second-order valence-corrected chi connectivity index (χ2v) is 3.60. The third-order valence-electron chi connectivity index (χ3n) is 2.16. The average Bonchev–Trinajstić information content (AvgIpc) is 2.19. The van der Waals surface area contributed by atoms with E-state index >= 15 is 0 Å². The summed E-state index contributed by atoms with van der Waals surface area (Å²) in [7, 11) is 3.17. The Kier molecular flexibility index (Phi) is 3.80. The van der Waals surface area contributed by atoms with Crippen LogP contribution in [0.15, 0.2) is 12.1 Å². The largest absolute Gasteiger partial charge is 0.494 e. The van der Waals surface area contributed by atoms with Crippen LogP contribution in [0.3, 0.4) is 0 Å². The molecular weight excluding hydrogens is 192 g/mol. The van der Waals surface area contributed by atoms with Crippen molar-refractivity contribution in [2.45, 2.75) is 19.4 Å². The van der Waals surface area contributed by atoms with Crippen LogP contribution in [0, 0.1) is 0 Å². The molecule has 1 atom stereocenters. The first kappa shape index (κ1) is 11.7. The van der Waals surface area contributed by atoms with Crippen molar-refractivity contribution in [3.8, 4) is 11.5 Å². The molecule has 4 nitrogen and oxygen atoms in total. The van der Waals surface area contributed by atoms with E-state index in [2.05, 4.69) is 0 Å². The Hall–Kier alpha value is -1.42. The van der Waals surface area contributed by atoms with Crippen molar-refractivity contribution in [2.75, 3.05) is 20.0 Å². The minimum Gasteiger partial charge on any atom is -0.494 e. The van der Waals surface area contributed by atoms with E-state index in [1.807, 2.05) is 19.1 Å². The molecule has 0 aliphatic rings. The van der Waals surface area contributed by atoms with Crippen molar-refractivity contribution in [1.29, 1.82) is 0 Å². The zero-order chi connectivity index (χ0) is 11.4. The molecule has 0 fully saturated rings. The topological polar surface area (TPSA) is 70.5 Å². The Balaban J connectivity index is 3.09. The second-order valence-electron chi connectivity index (χ2n) is 3.60. The molecular formula is C11H18N2O2. The number of methoxy groups -OCH3 is 2. The molecule has 0 aliphatic heterocycles. The molecule has 0 heterocycles. The van der Waals surface area contributed by atoms with Crippen LogP contribution in [0.25, 0.3) is 0 Å². The lowest BCUT2D eigenvalue weighted by Gasteiger charge is -2.13. The Bertz CT molecular complexity index is 312. The van der Waals surface area contributed by atoms with Gasteiger partial charge in [-0.05, 0) is 31.0 Å². The van der Waals surface area contributed by atoms with Gasteiger partial charge >= 0.3 is 0 Å². The van der Waals surface area contributed by atoms with Gasteiger partial charge in [0.15, 0.2) is 0 Å². The first-order valence-corrected chi connectivity index (χ1v) is 4.84. The minimum atomic E-state index is 0.100. The summed E-state index contributed by atoms with van der Waals surface area (Å²) in [4.78, 5) is 0. The van der Waals surface area contributed by atoms with Gasteiger partial charge in [-0.3, -0.25) is 0 Å². The zero-order valence-corrected chi connectivity index (χ0v) is 9.41. The van der Waals surface area contributed by atoms with Gasteiger partial charge in [0.25, 0.3) is 0 Å². The van der Waals surface area contributed by atoms with Gasteiger partial charge in [0.1, 0.15) is 17.2 Å². The van der Waals surface area contributed by atoms with Gasteiger partial charge in [-0.25, -0.2) is 0 Å². The van der Waals surface area contributed by atoms with E-state index in [4.69, 9.17) is 20.9 Å². The fraction of sp³-hybridized carbons (Fsp3) is 0.455. The fourth-order valence-corrected chi connectivity index (χ4v) is 1.48. The molecule has 1 aromatic rings. The lowest BCUT2D eigenvalue weighted by molar-refractivity contribution is 0.397. The molecule has 4 heteroatoms. The highest BCUT2D eigenvalue weighted by atomic mass is 16.5. The SMILES string of the molecule is COc1cc(CC(C)N)cc(OC)c1N. The summed E-state index contributed by atoms with van der Waals surface area (Å²) >= 11 is 0. The van der Waals surface area contributed by atoms with Gasteiger partial charge in [-0.1, -0.05) is 0 Å². The normalized spacial score (nSPS) is 12.3. The Labute approximate surface area is 90.2 Å². The standard InChI is InChI=1S/C11H18N2O2/c1-7(12)4-8-5-9(14-2)11(13)10(6-8)15-3/h5-7H,4,12-13H2,1-3H3. The highest BCUT2D eigenvalue weighted by Crippen LogP contribution is 2.33. The summed E-state index contributed by atoms with van der Waals surface area (Å²) in [6.07, 6.45) is 0.771. The summed E-state index contributed by atoms with van der Waals surface area (Å²) in [5.74, 6) is 1.26. The van der Waals surface area contributed by atoms with Crippen LogP contribution in [0.4, 0.5) is 5.69 Å². The maximum absolute atomic E-state index is 5.82. The fourth-order valence-electron chi connectivity index (χ4n) is 1.48. The number of rotatable bonds is 4. The molecule has 0 spiro atoms. The zero-order valence-electron chi connectivity index (χ0n) is 9.41. The van der Waals surface area contributed by atoms with Crippen LogP contribution >= 0.6 is 0 Å². The summed E-state index contributed by atoms with van der Waals surface area (Å²) in [6, 6.07) is 3.88. The molecule has 0 radical (unpaired) electrons. The molecule has 1 aromatic carbocycles. The lowest BCUT2D eigenvalue weighted by Crippen LogP contribution is -2.17. The third-order valence-corrected chi connectivity index (χ3v) is 2.16. The van der Waals surface area contributed by atoms with Crippen molar-refractivity contribution in [3.63, 3.8) is 0 Å². The van der Waals surface area contributed by atoms with Gasteiger partial charge in [-0.15, -0.1) is 0 Å². The quantitative estimate of drug-likeness (QED) is 0.732. The molecule has 0 saturated heterocycles. The predicted molar refractivity (Wildman–Crippen MR) is 61.3 cm³/mol. The van der Waals surface area contributed by atoms with E-state index < -0.39 is 0 Å². The van der Waals surface area contributed by atoms with E-state index in [0.717, 1.165) is 12.0 Å². The summed E-state index contributed by atoms with van der Waals surface area (Å²) in [6.45, 7) is 1.95. The first-order chi connectivity index (χ1) is 7.08. The maximum Gasteiger partial charge on any atom is 0.145 e. The maximum atomic E-state index is 5.82. The van der Waals surface area contributed by atoms with Gasteiger partial charge in [0.2, 0.25) is 0 Å². The van der Waals surface area contributed by atoms with E-state index in [-0.39, 0.29) is 6.04 Å². The number of nitrogen functional groups attached to an aromatic ring is 1. The summed E-state index contributed by atoms with van der Waals surface area (Å²) in [5, 5.41) is 0. The number of anilines is 1. The molecule has 4 N–H and O–H groups in total. The molecule has 1 rings (SSSR count). The first-order valence-electron chi connectivity index (χ1n) is 4.84. The Morgan fingerprint density at radius 3 is 2.00 bits per heavy atom. The lowest BCUT2D eigenvalue weighted by atomic mass is 10.1. The predicted octanol–water partition coefficient (Wildman–Crippen LogP) is 1.18. The van der Waals surface area contributed by atoms with E-state index in [1.54, 1.807) is 14.2 Å². The van der Waals surface area contributed by atoms with Crippen molar-refractivity contribution in [1.82, 2.24) is 0 Å². The van der Waals surface area contributed by atoms with Crippen molar-refractivity contribution >= 4 is 5.69 Å². The van der Waals surface area contributed by atoms with Crippen LogP contribution in [0.2, 0.25) is 0 Å². The molecule has 15 heavy (non-hydrogen) atoms. The van der Waals surface area contributed by atoms with Crippen LogP contribution in [-0.4, -0.2) is 20.3 Å². The van der Waals surface area contributed by atoms with Gasteiger partial charge in [0.05, 0.1) is 14.2 Å². The molecule has 0 aromatic heterocycles. The number of nitrogens with two attached hydrogens (primary N) is 2. The Morgan fingerprint density at radius 2 is 1.67 bits per heavy atom. The molecule has 84 valence electrons. The second kappa shape index (κ2) is 4.89. The van der Waals surface area contributed by atoms with E-state index in [0.29, 0.717) is 17.2 Å². The molecule has 0 amide bonds. The van der Waals surface area contributed by atoms with E-state index in [9.17, 15) is 0 Å².